The molecule has 1 aliphatic rings. The molecular weight excluding hydrogens is 428 g/mol. The molecule has 2 N–H and O–H groups in total. The highest BCUT2D eigenvalue weighted by molar-refractivity contribution is 7.80. The van der Waals surface area contributed by atoms with Gasteiger partial charge in [0.05, 0.1) is 19.2 Å². The van der Waals surface area contributed by atoms with E-state index in [9.17, 15) is 4.79 Å². The Balaban J connectivity index is 1.59. The number of nitrogens with zero attached hydrogens (tertiary/aromatic N) is 2. The van der Waals surface area contributed by atoms with Crippen LogP contribution in [0.3, 0.4) is 0 Å². The van der Waals surface area contributed by atoms with Gasteiger partial charge >= 0.3 is 0 Å². The van der Waals surface area contributed by atoms with Crippen LogP contribution in [0.1, 0.15) is 5.56 Å². The number of aromatic amines is 1. The van der Waals surface area contributed by atoms with Gasteiger partial charge in [0.15, 0.2) is 16.6 Å². The molecule has 8 nitrogen and oxygen atoms in total. The van der Waals surface area contributed by atoms with Crippen LogP contribution < -0.4 is 25.1 Å². The zero-order valence-corrected chi connectivity index (χ0v) is 19.1. The lowest BCUT2D eigenvalue weighted by molar-refractivity contribution is 0.174. The van der Waals surface area contributed by atoms with E-state index in [1.54, 1.807) is 13.2 Å². The van der Waals surface area contributed by atoms with Crippen LogP contribution in [0.4, 0.5) is 5.69 Å². The van der Waals surface area contributed by atoms with E-state index < -0.39 is 0 Å². The number of methoxy groups -OCH3 is 1. The molecule has 0 bridgehead atoms. The third-order valence-corrected chi connectivity index (χ3v) is 5.56. The van der Waals surface area contributed by atoms with Crippen molar-refractivity contribution in [2.45, 2.75) is 6.54 Å². The first-order chi connectivity index (χ1) is 15.4. The number of nitrogens with one attached hydrogen (secondary N) is 2. The summed E-state index contributed by atoms with van der Waals surface area (Å²) in [5.41, 5.74) is 1.99. The Kier molecular flexibility index (Phi) is 6.48. The number of benzene rings is 2. The monoisotopic (exact) mass is 454 g/mol. The van der Waals surface area contributed by atoms with Crippen LogP contribution in [-0.4, -0.2) is 61.0 Å². The molecule has 2 aromatic carbocycles. The molecule has 2 heterocycles. The van der Waals surface area contributed by atoms with Crippen LogP contribution in [0.2, 0.25) is 0 Å². The summed E-state index contributed by atoms with van der Waals surface area (Å²) in [4.78, 5) is 19.8. The van der Waals surface area contributed by atoms with E-state index in [2.05, 4.69) is 15.2 Å². The number of likely N-dealkylation sites (N-methyl/N-ethyl adjacent to an activating group) is 1. The second-order valence-electron chi connectivity index (χ2n) is 7.80. The molecule has 0 atom stereocenters. The molecule has 0 saturated carbocycles. The second kappa shape index (κ2) is 9.46. The molecule has 168 valence electrons. The van der Waals surface area contributed by atoms with E-state index >= 15 is 0 Å². The number of aromatic nitrogens is 1. The molecule has 0 fully saturated rings. The number of hydrogen-bond donors (Lipinski definition) is 2. The van der Waals surface area contributed by atoms with E-state index in [1.807, 2.05) is 55.4 Å². The van der Waals surface area contributed by atoms with Crippen LogP contribution in [0.25, 0.3) is 10.9 Å². The van der Waals surface area contributed by atoms with Gasteiger partial charge in [-0.2, -0.15) is 0 Å². The van der Waals surface area contributed by atoms with Gasteiger partial charge in [0.1, 0.15) is 5.75 Å². The third kappa shape index (κ3) is 4.95. The molecule has 0 aliphatic carbocycles. The smallest absolute Gasteiger partial charge is 0.253 e. The highest BCUT2D eigenvalue weighted by Gasteiger charge is 2.17. The van der Waals surface area contributed by atoms with Crippen molar-refractivity contribution in [3.05, 3.63) is 58.4 Å². The van der Waals surface area contributed by atoms with Crippen molar-refractivity contribution in [3.63, 3.8) is 0 Å². The summed E-state index contributed by atoms with van der Waals surface area (Å²) >= 11 is 5.70. The molecule has 0 saturated heterocycles. The van der Waals surface area contributed by atoms with Crippen LogP contribution >= 0.6 is 12.2 Å². The maximum atomic E-state index is 12.8. The summed E-state index contributed by atoms with van der Waals surface area (Å²) in [5, 5.41) is 4.67. The molecule has 0 radical (unpaired) electrons. The number of rotatable bonds is 7. The van der Waals surface area contributed by atoms with Crippen LogP contribution in [0.5, 0.6) is 17.2 Å². The fourth-order valence-corrected chi connectivity index (χ4v) is 3.71. The van der Waals surface area contributed by atoms with Crippen LogP contribution in [0.15, 0.2) is 47.3 Å². The van der Waals surface area contributed by atoms with Gasteiger partial charge in [-0.15, -0.1) is 0 Å². The largest absolute Gasteiger partial charge is 0.497 e. The lowest BCUT2D eigenvalue weighted by Crippen LogP contribution is -2.40. The average molecular weight is 455 g/mol. The van der Waals surface area contributed by atoms with Crippen molar-refractivity contribution in [1.82, 2.24) is 14.8 Å². The highest BCUT2D eigenvalue weighted by atomic mass is 32.1. The molecule has 1 aromatic heterocycles. The van der Waals surface area contributed by atoms with Gasteiger partial charge in [0.25, 0.3) is 5.56 Å². The Morgan fingerprint density at radius 1 is 1.16 bits per heavy atom. The third-order valence-electron chi connectivity index (χ3n) is 5.20. The number of ether oxygens (including phenoxy) is 3. The average Bonchev–Trinajstić information content (AvgIpc) is 3.22. The number of anilines is 1. The summed E-state index contributed by atoms with van der Waals surface area (Å²) in [6.45, 7) is 1.99. The summed E-state index contributed by atoms with van der Waals surface area (Å²) in [6, 6.07) is 13.1. The Morgan fingerprint density at radius 2 is 1.94 bits per heavy atom. The molecule has 9 heteroatoms. The molecule has 1 aliphatic heterocycles. The zero-order chi connectivity index (χ0) is 22.7. The molecule has 32 heavy (non-hydrogen) atoms. The van der Waals surface area contributed by atoms with Crippen molar-refractivity contribution in [2.24, 2.45) is 0 Å². The first-order valence-electron chi connectivity index (χ1n) is 10.2. The normalized spacial score (nSPS) is 12.2. The van der Waals surface area contributed by atoms with Crippen LogP contribution in [0, 0.1) is 0 Å². The van der Waals surface area contributed by atoms with Gasteiger partial charge in [-0.25, -0.2) is 0 Å². The van der Waals surface area contributed by atoms with Gasteiger partial charge in [-0.3, -0.25) is 4.79 Å². The Hall–Kier alpha value is -3.30. The minimum Gasteiger partial charge on any atom is -0.497 e. The minimum atomic E-state index is -0.157. The van der Waals surface area contributed by atoms with Gasteiger partial charge in [0.2, 0.25) is 6.79 Å². The number of H-pyrrole nitrogens is 1. The van der Waals surface area contributed by atoms with E-state index in [-0.39, 0.29) is 12.4 Å². The maximum Gasteiger partial charge on any atom is 0.253 e. The summed E-state index contributed by atoms with van der Waals surface area (Å²) in [7, 11) is 5.63. The molecule has 0 spiro atoms. The highest BCUT2D eigenvalue weighted by Crippen LogP contribution is 2.35. The molecule has 0 unspecified atom stereocenters. The number of hydrogen-bond acceptors (Lipinski definition) is 6. The Morgan fingerprint density at radius 3 is 2.69 bits per heavy atom. The predicted octanol–water partition coefficient (Wildman–Crippen LogP) is 3.03. The Bertz CT molecular complexity index is 1190. The lowest BCUT2D eigenvalue weighted by Gasteiger charge is -2.27. The van der Waals surface area contributed by atoms with Gasteiger partial charge in [-0.1, -0.05) is 6.07 Å². The predicted molar refractivity (Wildman–Crippen MR) is 129 cm³/mol. The van der Waals surface area contributed by atoms with Crippen molar-refractivity contribution >= 4 is 33.9 Å². The van der Waals surface area contributed by atoms with Gasteiger partial charge < -0.3 is 34.3 Å². The topological polar surface area (TPSA) is 79.1 Å². The lowest BCUT2D eigenvalue weighted by atomic mass is 10.1. The van der Waals surface area contributed by atoms with Crippen molar-refractivity contribution in [2.75, 3.05) is 46.4 Å². The van der Waals surface area contributed by atoms with E-state index in [1.165, 1.54) is 0 Å². The Labute approximate surface area is 191 Å². The molecule has 0 amide bonds. The summed E-state index contributed by atoms with van der Waals surface area (Å²) in [5.74, 6) is 2.05. The maximum absolute atomic E-state index is 12.8. The number of thiocarbonyl (C=S) groups is 1. The first-order valence-corrected chi connectivity index (χ1v) is 10.6. The van der Waals surface area contributed by atoms with E-state index in [4.69, 9.17) is 26.4 Å². The molecular formula is C23H26N4O4S. The van der Waals surface area contributed by atoms with E-state index in [0.717, 1.165) is 23.4 Å². The second-order valence-corrected chi connectivity index (χ2v) is 8.19. The van der Waals surface area contributed by atoms with Gasteiger partial charge in [-0.05, 0) is 50.6 Å². The summed E-state index contributed by atoms with van der Waals surface area (Å²) in [6.07, 6.45) is 0. The zero-order valence-electron chi connectivity index (χ0n) is 18.3. The van der Waals surface area contributed by atoms with Crippen molar-refractivity contribution < 1.29 is 14.2 Å². The SMILES string of the molecule is COc1cccc(NC(=S)N(CCN(C)C)Cc2cc3cc4c(cc3[nH]c2=O)OCO4)c1. The van der Waals surface area contributed by atoms with Crippen molar-refractivity contribution in [1.29, 1.82) is 0 Å². The minimum absolute atomic E-state index is 0.157. The van der Waals surface area contributed by atoms with E-state index in [0.29, 0.717) is 40.8 Å². The number of pyridine rings is 1. The summed E-state index contributed by atoms with van der Waals surface area (Å²) < 4.78 is 16.2. The first kappa shape index (κ1) is 21.9. The molecule has 4 rings (SSSR count). The molecule has 3 aromatic rings. The fraction of sp³-hybridized carbons (Fsp3) is 0.304. The fourth-order valence-electron chi connectivity index (χ4n) is 3.44. The number of fused-ring (bicyclic) bond motifs is 2. The van der Waals surface area contributed by atoms with Crippen molar-refractivity contribution in [3.8, 4) is 17.2 Å². The van der Waals surface area contributed by atoms with Gasteiger partial charge in [0, 0.05) is 41.9 Å². The quantitative estimate of drug-likeness (QED) is 0.528. The standard InChI is InChI=1S/C23H26N4O4S/c1-26(2)7-8-27(23(32)24-17-5-4-6-18(11-17)29-3)13-16-9-15-10-20-21(31-14-30-20)12-19(15)25-22(16)28/h4-6,9-12H,7-8,13-14H2,1-3H3,(H,24,32)(H,25,28). The van der Waals surface area contributed by atoms with Crippen LogP contribution in [-0.2, 0) is 6.54 Å².